The molecule has 3 nitrogen and oxygen atoms in total. The maximum absolute atomic E-state index is 9.27. The van der Waals surface area contributed by atoms with Crippen LogP contribution in [0.3, 0.4) is 0 Å². The van der Waals surface area contributed by atoms with Gasteiger partial charge in [0, 0.05) is 23.4 Å². The third-order valence-corrected chi connectivity index (χ3v) is 4.77. The van der Waals surface area contributed by atoms with Crippen LogP contribution in [0.25, 0.3) is 0 Å². The van der Waals surface area contributed by atoms with Crippen molar-refractivity contribution < 1.29 is 9.77 Å². The van der Waals surface area contributed by atoms with Crippen LogP contribution < -0.4 is 4.57 Å². The molecule has 1 N–H and O–H groups in total. The molecular weight excluding hydrogens is 324 g/mol. The lowest BCUT2D eigenvalue weighted by molar-refractivity contribution is -0.689. The van der Waals surface area contributed by atoms with Gasteiger partial charge in [0.1, 0.15) is 0 Å². The van der Waals surface area contributed by atoms with Crippen LogP contribution >= 0.6 is 27.3 Å². The Morgan fingerprint density at radius 2 is 2.05 bits per heavy atom. The van der Waals surface area contributed by atoms with Gasteiger partial charge >= 0.3 is 0 Å². The van der Waals surface area contributed by atoms with E-state index >= 15 is 0 Å². The normalized spacial score (nSPS) is 11.8. The SMILES string of the molecule is CCc1scc(C)[n+]1CC(=NO)c1ccc(Br)cc1. The van der Waals surface area contributed by atoms with E-state index in [1.54, 1.807) is 11.3 Å². The van der Waals surface area contributed by atoms with Gasteiger partial charge in [0.05, 0.1) is 5.38 Å². The molecule has 0 saturated heterocycles. The first-order valence-corrected chi connectivity index (χ1v) is 7.76. The molecule has 0 aliphatic carbocycles. The fraction of sp³-hybridized carbons (Fsp3) is 0.286. The van der Waals surface area contributed by atoms with Crippen LogP contribution in [0.4, 0.5) is 0 Å². The molecule has 1 heterocycles. The van der Waals surface area contributed by atoms with Gasteiger partial charge in [-0.25, -0.2) is 0 Å². The summed E-state index contributed by atoms with van der Waals surface area (Å²) in [6.07, 6.45) is 0.984. The lowest BCUT2D eigenvalue weighted by Crippen LogP contribution is -2.42. The van der Waals surface area contributed by atoms with Crippen molar-refractivity contribution in [2.45, 2.75) is 26.8 Å². The highest BCUT2D eigenvalue weighted by atomic mass is 79.9. The zero-order chi connectivity index (χ0) is 13.8. The number of halogens is 1. The average molecular weight is 340 g/mol. The number of aryl methyl sites for hydroxylation is 2. The Kier molecular flexibility index (Phi) is 4.71. The molecule has 0 atom stereocenters. The summed E-state index contributed by atoms with van der Waals surface area (Å²) in [4.78, 5) is 0. The zero-order valence-electron chi connectivity index (χ0n) is 10.9. The van der Waals surface area contributed by atoms with Gasteiger partial charge in [-0.05, 0) is 12.1 Å². The molecule has 1 aromatic heterocycles. The zero-order valence-corrected chi connectivity index (χ0v) is 13.3. The second kappa shape index (κ2) is 6.30. The summed E-state index contributed by atoms with van der Waals surface area (Å²) < 4.78 is 3.21. The third-order valence-electron chi connectivity index (χ3n) is 3.00. The van der Waals surface area contributed by atoms with E-state index in [1.807, 2.05) is 24.3 Å². The molecule has 0 radical (unpaired) electrons. The number of aromatic nitrogens is 1. The molecule has 0 fully saturated rings. The number of nitrogens with zero attached hydrogens (tertiary/aromatic N) is 2. The average Bonchev–Trinajstić information content (AvgIpc) is 2.78. The molecule has 0 saturated carbocycles. The highest BCUT2D eigenvalue weighted by Gasteiger charge is 2.19. The molecule has 0 aliphatic rings. The molecule has 1 aromatic carbocycles. The molecular formula is C14H16BrN2OS+. The van der Waals surface area contributed by atoms with E-state index in [1.165, 1.54) is 10.7 Å². The minimum atomic E-state index is 0.594. The monoisotopic (exact) mass is 339 g/mol. The Morgan fingerprint density at radius 1 is 1.37 bits per heavy atom. The number of hydrogen-bond donors (Lipinski definition) is 1. The quantitative estimate of drug-likeness (QED) is 0.393. The Balaban J connectivity index is 2.29. The van der Waals surface area contributed by atoms with E-state index in [-0.39, 0.29) is 0 Å². The summed E-state index contributed by atoms with van der Waals surface area (Å²) >= 11 is 5.15. The van der Waals surface area contributed by atoms with Crippen LogP contribution in [-0.4, -0.2) is 10.9 Å². The Morgan fingerprint density at radius 3 is 2.63 bits per heavy atom. The number of hydrogen-bond acceptors (Lipinski definition) is 3. The van der Waals surface area contributed by atoms with Gasteiger partial charge in [-0.3, -0.25) is 0 Å². The molecule has 0 spiro atoms. The lowest BCUT2D eigenvalue weighted by atomic mass is 10.1. The Labute approximate surface area is 125 Å². The van der Waals surface area contributed by atoms with Crippen molar-refractivity contribution in [1.82, 2.24) is 0 Å². The largest absolute Gasteiger partial charge is 0.410 e. The summed E-state index contributed by atoms with van der Waals surface area (Å²) in [5, 5.41) is 16.2. The van der Waals surface area contributed by atoms with Gasteiger partial charge in [0.2, 0.25) is 5.01 Å². The van der Waals surface area contributed by atoms with Crippen molar-refractivity contribution in [3.63, 3.8) is 0 Å². The van der Waals surface area contributed by atoms with Crippen LogP contribution in [0, 0.1) is 6.92 Å². The predicted molar refractivity (Wildman–Crippen MR) is 81.1 cm³/mol. The summed E-state index contributed by atoms with van der Waals surface area (Å²) in [5.74, 6) is 0. The van der Waals surface area contributed by atoms with Gasteiger partial charge in [-0.2, -0.15) is 4.57 Å². The molecule has 0 bridgehead atoms. The van der Waals surface area contributed by atoms with E-state index in [9.17, 15) is 5.21 Å². The van der Waals surface area contributed by atoms with Gasteiger partial charge in [-0.1, -0.05) is 51.5 Å². The van der Waals surface area contributed by atoms with Gasteiger partial charge in [-0.15, -0.1) is 0 Å². The summed E-state index contributed by atoms with van der Waals surface area (Å²) in [6.45, 7) is 4.81. The van der Waals surface area contributed by atoms with Crippen molar-refractivity contribution in [1.29, 1.82) is 0 Å². The Bertz CT molecular complexity index is 590. The minimum absolute atomic E-state index is 0.594. The van der Waals surface area contributed by atoms with Crippen LogP contribution in [0.2, 0.25) is 0 Å². The molecule has 0 amide bonds. The molecule has 2 aromatic rings. The highest BCUT2D eigenvalue weighted by Crippen LogP contribution is 2.13. The first-order chi connectivity index (χ1) is 9.15. The predicted octanol–water partition coefficient (Wildman–Crippen LogP) is 3.55. The number of thiazole rings is 1. The van der Waals surface area contributed by atoms with Crippen LogP contribution in [-0.2, 0) is 13.0 Å². The molecule has 5 heteroatoms. The van der Waals surface area contributed by atoms with Crippen LogP contribution in [0.1, 0.15) is 23.2 Å². The van der Waals surface area contributed by atoms with E-state index in [4.69, 9.17) is 0 Å². The van der Waals surface area contributed by atoms with Gasteiger partial charge < -0.3 is 5.21 Å². The second-order valence-electron chi connectivity index (χ2n) is 4.26. The van der Waals surface area contributed by atoms with Crippen molar-refractivity contribution in [3.05, 3.63) is 50.4 Å². The van der Waals surface area contributed by atoms with Crippen molar-refractivity contribution in [3.8, 4) is 0 Å². The molecule has 2 rings (SSSR count). The summed E-state index contributed by atoms with van der Waals surface area (Å²) in [5.41, 5.74) is 2.81. The Hall–Kier alpha value is -1.20. The van der Waals surface area contributed by atoms with E-state index in [2.05, 4.69) is 44.9 Å². The molecule has 100 valence electrons. The standard InChI is InChI=1S/C14H15BrN2OS/c1-3-14-17(10(2)9-19-14)8-13(16-18)11-4-6-12(15)7-5-11/h4-7,9H,3,8H2,1-2H3/p+1. The van der Waals surface area contributed by atoms with Crippen molar-refractivity contribution in [2.24, 2.45) is 5.16 Å². The van der Waals surface area contributed by atoms with Gasteiger partial charge in [0.15, 0.2) is 18.0 Å². The lowest BCUT2D eigenvalue weighted by Gasteiger charge is -2.03. The van der Waals surface area contributed by atoms with Crippen LogP contribution in [0.5, 0.6) is 0 Å². The second-order valence-corrected chi connectivity index (χ2v) is 6.12. The third kappa shape index (κ3) is 3.22. The summed E-state index contributed by atoms with van der Waals surface area (Å²) in [6, 6.07) is 7.80. The fourth-order valence-corrected chi connectivity index (χ4v) is 3.14. The topological polar surface area (TPSA) is 36.5 Å². The smallest absolute Gasteiger partial charge is 0.237 e. The summed E-state index contributed by atoms with van der Waals surface area (Å²) in [7, 11) is 0. The minimum Gasteiger partial charge on any atom is -0.410 e. The molecule has 19 heavy (non-hydrogen) atoms. The van der Waals surface area contributed by atoms with Crippen molar-refractivity contribution >= 4 is 33.0 Å². The number of oxime groups is 1. The maximum atomic E-state index is 9.27. The number of benzene rings is 1. The van der Waals surface area contributed by atoms with Crippen molar-refractivity contribution in [2.75, 3.05) is 0 Å². The highest BCUT2D eigenvalue weighted by molar-refractivity contribution is 9.10. The van der Waals surface area contributed by atoms with E-state index in [0.29, 0.717) is 12.3 Å². The number of rotatable bonds is 4. The first-order valence-electron chi connectivity index (χ1n) is 6.09. The first kappa shape index (κ1) is 14.2. The molecule has 0 unspecified atom stereocenters. The molecule has 0 aliphatic heterocycles. The fourth-order valence-electron chi connectivity index (χ4n) is 1.94. The van der Waals surface area contributed by atoms with Gasteiger partial charge in [0.25, 0.3) is 0 Å². The van der Waals surface area contributed by atoms with Crippen LogP contribution in [0.15, 0.2) is 39.3 Å². The maximum Gasteiger partial charge on any atom is 0.237 e. The van der Waals surface area contributed by atoms with E-state index < -0.39 is 0 Å². The van der Waals surface area contributed by atoms with E-state index in [0.717, 1.165) is 16.5 Å².